The lowest BCUT2D eigenvalue weighted by Gasteiger charge is -2.25. The van der Waals surface area contributed by atoms with Crippen LogP contribution in [0.5, 0.6) is 0 Å². The monoisotopic (exact) mass is 393 g/mol. The van der Waals surface area contributed by atoms with Crippen molar-refractivity contribution in [1.82, 2.24) is 24.4 Å². The molecule has 1 aliphatic rings. The minimum absolute atomic E-state index is 0.0704. The van der Waals surface area contributed by atoms with Crippen LogP contribution in [0.2, 0.25) is 0 Å². The van der Waals surface area contributed by atoms with Crippen LogP contribution in [0.3, 0.4) is 0 Å². The number of hydrogen-bond acceptors (Lipinski definition) is 5. The molecule has 1 saturated heterocycles. The number of carbonyl (C=O) groups is 1. The lowest BCUT2D eigenvalue weighted by atomic mass is 10.1. The van der Waals surface area contributed by atoms with Crippen LogP contribution in [0.1, 0.15) is 42.7 Å². The lowest BCUT2D eigenvalue weighted by molar-refractivity contribution is 0.0504. The van der Waals surface area contributed by atoms with Gasteiger partial charge in [0.1, 0.15) is 5.52 Å². The van der Waals surface area contributed by atoms with Gasteiger partial charge in [-0.1, -0.05) is 19.9 Å². The SMILES string of the molecule is CC(C)Cn1cnc2cc(C(=O)N(Cc3ccccn3)CC3CCCO3)cnc21. The molecule has 0 aliphatic carbocycles. The molecule has 1 aliphatic heterocycles. The molecule has 0 spiro atoms. The second-order valence-corrected chi connectivity index (χ2v) is 8.00. The molecule has 0 aromatic carbocycles. The third-order valence-electron chi connectivity index (χ3n) is 5.08. The molecule has 1 atom stereocenters. The number of carbonyl (C=O) groups excluding carboxylic acids is 1. The van der Waals surface area contributed by atoms with Gasteiger partial charge in [-0.05, 0) is 37.0 Å². The molecule has 1 amide bonds. The maximum absolute atomic E-state index is 13.3. The Morgan fingerprint density at radius 2 is 2.21 bits per heavy atom. The van der Waals surface area contributed by atoms with E-state index < -0.39 is 0 Å². The van der Waals surface area contributed by atoms with Crippen molar-refractivity contribution in [3.8, 4) is 0 Å². The van der Waals surface area contributed by atoms with E-state index in [9.17, 15) is 4.79 Å². The third-order valence-corrected chi connectivity index (χ3v) is 5.08. The third kappa shape index (κ3) is 4.62. The molecule has 7 nitrogen and oxygen atoms in total. The maximum Gasteiger partial charge on any atom is 0.255 e. The molecule has 29 heavy (non-hydrogen) atoms. The molecule has 7 heteroatoms. The summed E-state index contributed by atoms with van der Waals surface area (Å²) in [5.74, 6) is 0.426. The Morgan fingerprint density at radius 3 is 2.93 bits per heavy atom. The first-order valence-electron chi connectivity index (χ1n) is 10.2. The predicted molar refractivity (Wildman–Crippen MR) is 110 cm³/mol. The van der Waals surface area contributed by atoms with Gasteiger partial charge < -0.3 is 14.2 Å². The van der Waals surface area contributed by atoms with Crippen molar-refractivity contribution in [2.24, 2.45) is 5.92 Å². The van der Waals surface area contributed by atoms with E-state index in [0.29, 0.717) is 24.6 Å². The van der Waals surface area contributed by atoms with Crippen molar-refractivity contribution in [2.75, 3.05) is 13.2 Å². The fourth-order valence-corrected chi connectivity index (χ4v) is 3.72. The Labute approximate surface area is 170 Å². The highest BCUT2D eigenvalue weighted by Gasteiger charge is 2.24. The molecule has 0 saturated carbocycles. The summed E-state index contributed by atoms with van der Waals surface area (Å²) >= 11 is 0. The number of aromatic nitrogens is 4. The van der Waals surface area contributed by atoms with Crippen molar-refractivity contribution >= 4 is 17.1 Å². The summed E-state index contributed by atoms with van der Waals surface area (Å²) in [7, 11) is 0. The molecular weight excluding hydrogens is 366 g/mol. The van der Waals surface area contributed by atoms with Crippen molar-refractivity contribution in [3.05, 3.63) is 54.2 Å². The first-order chi connectivity index (χ1) is 14.1. The van der Waals surface area contributed by atoms with Crippen molar-refractivity contribution < 1.29 is 9.53 Å². The van der Waals surface area contributed by atoms with Gasteiger partial charge in [-0.15, -0.1) is 0 Å². The Balaban J connectivity index is 1.58. The van der Waals surface area contributed by atoms with E-state index >= 15 is 0 Å². The van der Waals surface area contributed by atoms with E-state index in [1.54, 1.807) is 18.7 Å². The molecule has 3 aromatic rings. The first-order valence-corrected chi connectivity index (χ1v) is 10.2. The molecule has 0 bridgehead atoms. The molecule has 4 rings (SSSR count). The highest BCUT2D eigenvalue weighted by atomic mass is 16.5. The van der Waals surface area contributed by atoms with Gasteiger partial charge in [0.25, 0.3) is 5.91 Å². The number of hydrogen-bond donors (Lipinski definition) is 0. The molecule has 4 heterocycles. The van der Waals surface area contributed by atoms with Gasteiger partial charge in [0, 0.05) is 32.1 Å². The Hall–Kier alpha value is -2.80. The largest absolute Gasteiger partial charge is 0.376 e. The summed E-state index contributed by atoms with van der Waals surface area (Å²) in [6.07, 6.45) is 7.29. The highest BCUT2D eigenvalue weighted by Crippen LogP contribution is 2.19. The van der Waals surface area contributed by atoms with Gasteiger partial charge in [0.15, 0.2) is 5.65 Å². The summed E-state index contributed by atoms with van der Waals surface area (Å²) in [4.78, 5) is 28.5. The molecule has 1 fully saturated rings. The Morgan fingerprint density at radius 1 is 1.31 bits per heavy atom. The number of fused-ring (bicyclic) bond motifs is 1. The number of pyridine rings is 2. The van der Waals surface area contributed by atoms with Crippen LogP contribution in [0.25, 0.3) is 11.2 Å². The number of imidazole rings is 1. The zero-order valence-electron chi connectivity index (χ0n) is 17.0. The van der Waals surface area contributed by atoms with Gasteiger partial charge in [-0.3, -0.25) is 9.78 Å². The summed E-state index contributed by atoms with van der Waals surface area (Å²) in [6, 6.07) is 7.58. The predicted octanol–water partition coefficient (Wildman–Crippen LogP) is 3.30. The molecule has 152 valence electrons. The van der Waals surface area contributed by atoms with Crippen LogP contribution in [0.15, 0.2) is 43.0 Å². The van der Waals surface area contributed by atoms with Crippen molar-refractivity contribution in [1.29, 1.82) is 0 Å². The Bertz CT molecular complexity index is 964. The van der Waals surface area contributed by atoms with E-state index in [1.165, 1.54) is 0 Å². The summed E-state index contributed by atoms with van der Waals surface area (Å²) in [5, 5.41) is 0. The molecule has 0 radical (unpaired) electrons. The number of rotatable bonds is 7. The molecule has 0 N–H and O–H groups in total. The van der Waals surface area contributed by atoms with E-state index in [1.807, 2.05) is 33.7 Å². The average Bonchev–Trinajstić information content (AvgIpc) is 3.37. The molecule has 1 unspecified atom stereocenters. The van der Waals surface area contributed by atoms with Crippen LogP contribution in [0, 0.1) is 5.92 Å². The van der Waals surface area contributed by atoms with E-state index in [-0.39, 0.29) is 12.0 Å². The fraction of sp³-hybridized carbons (Fsp3) is 0.455. The number of ether oxygens (including phenoxy) is 1. The zero-order valence-corrected chi connectivity index (χ0v) is 17.0. The molecule has 3 aromatic heterocycles. The average molecular weight is 393 g/mol. The quantitative estimate of drug-likeness (QED) is 0.616. The topological polar surface area (TPSA) is 73.1 Å². The lowest BCUT2D eigenvalue weighted by Crippen LogP contribution is -2.37. The summed E-state index contributed by atoms with van der Waals surface area (Å²) < 4.78 is 7.81. The summed E-state index contributed by atoms with van der Waals surface area (Å²) in [5.41, 5.74) is 2.95. The second-order valence-electron chi connectivity index (χ2n) is 8.00. The number of nitrogens with zero attached hydrogens (tertiary/aromatic N) is 5. The molecular formula is C22H27N5O2. The zero-order chi connectivity index (χ0) is 20.2. The summed E-state index contributed by atoms with van der Waals surface area (Å²) in [6.45, 7) is 6.92. The minimum Gasteiger partial charge on any atom is -0.376 e. The van der Waals surface area contributed by atoms with Gasteiger partial charge in [0.05, 0.1) is 30.2 Å². The fourth-order valence-electron chi connectivity index (χ4n) is 3.72. The van der Waals surface area contributed by atoms with Crippen LogP contribution in [-0.4, -0.2) is 49.6 Å². The highest BCUT2D eigenvalue weighted by molar-refractivity contribution is 5.96. The standard InChI is InChI=1S/C22H27N5O2/c1-16(2)12-27-15-25-20-10-17(11-24-21(20)27)22(28)26(14-19-7-5-9-29-19)13-18-6-3-4-8-23-18/h3-4,6,8,10-11,15-16,19H,5,7,9,12-14H2,1-2H3. The van der Waals surface area contributed by atoms with E-state index in [0.717, 1.165) is 42.9 Å². The minimum atomic E-state index is -0.0704. The normalized spacial score (nSPS) is 16.6. The van der Waals surface area contributed by atoms with Crippen molar-refractivity contribution in [3.63, 3.8) is 0 Å². The van der Waals surface area contributed by atoms with E-state index in [4.69, 9.17) is 4.74 Å². The van der Waals surface area contributed by atoms with Crippen molar-refractivity contribution in [2.45, 2.75) is 45.9 Å². The van der Waals surface area contributed by atoms with Crippen LogP contribution >= 0.6 is 0 Å². The van der Waals surface area contributed by atoms with E-state index in [2.05, 4.69) is 28.8 Å². The van der Waals surface area contributed by atoms with Gasteiger partial charge in [0.2, 0.25) is 0 Å². The Kier molecular flexibility index (Phi) is 5.85. The smallest absolute Gasteiger partial charge is 0.255 e. The first kappa shape index (κ1) is 19.5. The van der Waals surface area contributed by atoms with Gasteiger partial charge in [-0.25, -0.2) is 9.97 Å². The maximum atomic E-state index is 13.3. The van der Waals surface area contributed by atoms with Crippen LogP contribution in [-0.2, 0) is 17.8 Å². The second kappa shape index (κ2) is 8.69. The van der Waals surface area contributed by atoms with Crippen LogP contribution < -0.4 is 0 Å². The van der Waals surface area contributed by atoms with Crippen LogP contribution in [0.4, 0.5) is 0 Å². The number of amides is 1. The van der Waals surface area contributed by atoms with Gasteiger partial charge in [-0.2, -0.15) is 0 Å². The van der Waals surface area contributed by atoms with Gasteiger partial charge >= 0.3 is 0 Å².